The number of halogens is 1. The number of thioether (sulfide) groups is 1. The van der Waals surface area contributed by atoms with Crippen molar-refractivity contribution < 1.29 is 19.4 Å². The molecular formula is C22H16ClN3O4S. The number of rotatable bonds is 7. The molecule has 0 spiro atoms. The van der Waals surface area contributed by atoms with Gasteiger partial charge in [0.05, 0.1) is 34.7 Å². The molecule has 1 heterocycles. The van der Waals surface area contributed by atoms with Gasteiger partial charge in [-0.1, -0.05) is 23.4 Å². The highest BCUT2D eigenvalue weighted by Crippen LogP contribution is 2.27. The van der Waals surface area contributed by atoms with E-state index in [2.05, 4.69) is 16.4 Å². The number of hydrogen-bond donors (Lipinski definition) is 2. The van der Waals surface area contributed by atoms with Gasteiger partial charge in [0, 0.05) is 11.3 Å². The van der Waals surface area contributed by atoms with Crippen LogP contribution in [0.25, 0.3) is 11.3 Å². The minimum atomic E-state index is -1.19. The Hall–Kier alpha value is -3.54. The molecule has 9 heteroatoms. The van der Waals surface area contributed by atoms with Crippen LogP contribution in [-0.4, -0.2) is 34.8 Å². The van der Waals surface area contributed by atoms with Crippen molar-refractivity contribution in [1.29, 1.82) is 5.26 Å². The Labute approximate surface area is 187 Å². The maximum absolute atomic E-state index is 12.3. The molecule has 0 bridgehead atoms. The summed E-state index contributed by atoms with van der Waals surface area (Å²) in [5.41, 5.74) is 2.07. The van der Waals surface area contributed by atoms with E-state index >= 15 is 0 Å². The van der Waals surface area contributed by atoms with Gasteiger partial charge in [0.2, 0.25) is 5.91 Å². The van der Waals surface area contributed by atoms with Crippen LogP contribution < -0.4 is 10.1 Å². The summed E-state index contributed by atoms with van der Waals surface area (Å²) in [5, 5.41) is 21.6. The second kappa shape index (κ2) is 9.98. The second-order valence-electron chi connectivity index (χ2n) is 6.23. The van der Waals surface area contributed by atoms with Gasteiger partial charge in [0.1, 0.15) is 16.8 Å². The largest absolute Gasteiger partial charge is 0.497 e. The first-order valence-electron chi connectivity index (χ1n) is 8.92. The molecule has 0 radical (unpaired) electrons. The highest BCUT2D eigenvalue weighted by molar-refractivity contribution is 8.00. The van der Waals surface area contributed by atoms with E-state index in [1.54, 1.807) is 19.2 Å². The Balaban J connectivity index is 1.73. The SMILES string of the molecule is COc1ccc(-c2ccc(C#N)c(SCC(=O)Nc3ccc(Cl)c(C(=O)O)c3)n2)cc1. The molecular weight excluding hydrogens is 438 g/mol. The van der Waals surface area contributed by atoms with Crippen LogP contribution in [0.5, 0.6) is 5.75 Å². The van der Waals surface area contributed by atoms with Crippen molar-refractivity contribution >= 4 is 40.9 Å². The van der Waals surface area contributed by atoms with E-state index in [0.29, 0.717) is 22.0 Å². The Bertz CT molecular complexity index is 1180. The van der Waals surface area contributed by atoms with Crippen LogP contribution in [0.2, 0.25) is 5.02 Å². The van der Waals surface area contributed by atoms with Gasteiger partial charge in [0.25, 0.3) is 0 Å². The summed E-state index contributed by atoms with van der Waals surface area (Å²) in [6, 6.07) is 17.0. The summed E-state index contributed by atoms with van der Waals surface area (Å²) >= 11 is 6.96. The summed E-state index contributed by atoms with van der Waals surface area (Å²) < 4.78 is 5.15. The van der Waals surface area contributed by atoms with Crippen LogP contribution in [0.15, 0.2) is 59.6 Å². The van der Waals surface area contributed by atoms with E-state index in [1.807, 2.05) is 24.3 Å². The quantitative estimate of drug-likeness (QED) is 0.498. The van der Waals surface area contributed by atoms with E-state index < -0.39 is 5.97 Å². The monoisotopic (exact) mass is 453 g/mol. The summed E-state index contributed by atoms with van der Waals surface area (Å²) in [7, 11) is 1.58. The Kier molecular flexibility index (Phi) is 7.13. The zero-order chi connectivity index (χ0) is 22.4. The summed E-state index contributed by atoms with van der Waals surface area (Å²) in [5.74, 6) is -0.853. The molecule has 0 unspecified atom stereocenters. The van der Waals surface area contributed by atoms with Gasteiger partial charge in [-0.2, -0.15) is 5.26 Å². The number of carboxylic acids is 1. The van der Waals surface area contributed by atoms with Crippen LogP contribution in [0.3, 0.4) is 0 Å². The number of nitrogens with zero attached hydrogens (tertiary/aromatic N) is 2. The van der Waals surface area contributed by atoms with E-state index in [0.717, 1.165) is 23.1 Å². The molecule has 0 saturated carbocycles. The van der Waals surface area contributed by atoms with Crippen LogP contribution in [0.4, 0.5) is 5.69 Å². The predicted octanol–water partition coefficient (Wildman–Crippen LogP) is 4.71. The van der Waals surface area contributed by atoms with Gasteiger partial charge in [0.15, 0.2) is 0 Å². The number of benzene rings is 2. The number of nitriles is 1. The highest BCUT2D eigenvalue weighted by Gasteiger charge is 2.13. The Morgan fingerprint density at radius 2 is 1.94 bits per heavy atom. The van der Waals surface area contributed by atoms with Gasteiger partial charge < -0.3 is 15.2 Å². The van der Waals surface area contributed by atoms with Gasteiger partial charge >= 0.3 is 5.97 Å². The molecule has 0 aliphatic rings. The molecule has 3 aromatic rings. The van der Waals surface area contributed by atoms with E-state index in [4.69, 9.17) is 21.4 Å². The van der Waals surface area contributed by atoms with Crippen molar-refractivity contribution in [2.75, 3.05) is 18.2 Å². The molecule has 0 atom stereocenters. The van der Waals surface area contributed by atoms with Gasteiger partial charge in [-0.3, -0.25) is 4.79 Å². The molecule has 156 valence electrons. The molecule has 0 fully saturated rings. The highest BCUT2D eigenvalue weighted by atomic mass is 35.5. The fourth-order valence-electron chi connectivity index (χ4n) is 2.66. The molecule has 0 aliphatic carbocycles. The number of carboxylic acid groups (broad SMARTS) is 1. The van der Waals surface area contributed by atoms with Crippen LogP contribution >= 0.6 is 23.4 Å². The number of ether oxygens (including phenoxy) is 1. The molecule has 1 aromatic heterocycles. The summed E-state index contributed by atoms with van der Waals surface area (Å²) in [4.78, 5) is 28.0. The fourth-order valence-corrected chi connectivity index (χ4v) is 3.63. The zero-order valence-electron chi connectivity index (χ0n) is 16.3. The summed E-state index contributed by atoms with van der Waals surface area (Å²) in [6.07, 6.45) is 0. The minimum absolute atomic E-state index is 0.0151. The lowest BCUT2D eigenvalue weighted by Gasteiger charge is -2.09. The van der Waals surface area contributed by atoms with Crippen molar-refractivity contribution in [2.24, 2.45) is 0 Å². The number of hydrogen-bond acceptors (Lipinski definition) is 6. The van der Waals surface area contributed by atoms with Gasteiger partial charge in [-0.15, -0.1) is 0 Å². The standard InChI is InChI=1S/C22H16ClN3O4S/c1-30-16-6-2-13(3-7-16)19-9-4-14(11-24)21(26-19)31-12-20(27)25-15-5-8-18(23)17(10-15)22(28)29/h2-10H,12H2,1H3,(H,25,27)(H,28,29). The topological polar surface area (TPSA) is 112 Å². The first-order chi connectivity index (χ1) is 14.9. The lowest BCUT2D eigenvalue weighted by atomic mass is 10.1. The predicted molar refractivity (Wildman–Crippen MR) is 119 cm³/mol. The Morgan fingerprint density at radius 1 is 1.19 bits per heavy atom. The minimum Gasteiger partial charge on any atom is -0.497 e. The number of methoxy groups -OCH3 is 1. The van der Waals surface area contributed by atoms with Crippen molar-refractivity contribution in [3.63, 3.8) is 0 Å². The number of carbonyl (C=O) groups excluding carboxylic acids is 1. The lowest BCUT2D eigenvalue weighted by Crippen LogP contribution is -2.15. The number of nitrogens with one attached hydrogen (secondary N) is 1. The smallest absolute Gasteiger partial charge is 0.337 e. The maximum atomic E-state index is 12.3. The first kappa shape index (κ1) is 22.2. The molecule has 0 aliphatic heterocycles. The van der Waals surface area contributed by atoms with Crippen LogP contribution in [0.1, 0.15) is 15.9 Å². The fraction of sp³-hybridized carbons (Fsp3) is 0.0909. The zero-order valence-corrected chi connectivity index (χ0v) is 17.8. The molecule has 1 amide bonds. The van der Waals surface area contributed by atoms with Crippen LogP contribution in [-0.2, 0) is 4.79 Å². The van der Waals surface area contributed by atoms with Crippen LogP contribution in [0, 0.1) is 11.3 Å². The molecule has 2 aromatic carbocycles. The first-order valence-corrected chi connectivity index (χ1v) is 10.3. The van der Waals surface area contributed by atoms with E-state index in [-0.39, 0.29) is 22.2 Å². The second-order valence-corrected chi connectivity index (χ2v) is 7.60. The molecule has 7 nitrogen and oxygen atoms in total. The third-order valence-corrected chi connectivity index (χ3v) is 5.51. The van der Waals surface area contributed by atoms with E-state index in [9.17, 15) is 14.9 Å². The van der Waals surface area contributed by atoms with Crippen molar-refractivity contribution in [3.05, 3.63) is 70.7 Å². The number of pyridine rings is 1. The number of aromatic carboxylic acids is 1. The van der Waals surface area contributed by atoms with Crippen molar-refractivity contribution in [3.8, 4) is 23.1 Å². The number of carbonyl (C=O) groups is 2. The van der Waals surface area contributed by atoms with Gasteiger partial charge in [-0.05, 0) is 54.6 Å². The third-order valence-electron chi connectivity index (χ3n) is 4.19. The van der Waals surface area contributed by atoms with Crippen molar-refractivity contribution in [1.82, 2.24) is 4.98 Å². The average molecular weight is 454 g/mol. The Morgan fingerprint density at radius 3 is 2.58 bits per heavy atom. The molecule has 3 rings (SSSR count). The average Bonchev–Trinajstić information content (AvgIpc) is 2.78. The molecule has 2 N–H and O–H groups in total. The number of amides is 1. The third kappa shape index (κ3) is 5.54. The summed E-state index contributed by atoms with van der Waals surface area (Å²) in [6.45, 7) is 0. The molecule has 31 heavy (non-hydrogen) atoms. The number of anilines is 1. The normalized spacial score (nSPS) is 10.2. The van der Waals surface area contributed by atoms with Gasteiger partial charge in [-0.25, -0.2) is 9.78 Å². The maximum Gasteiger partial charge on any atom is 0.337 e. The van der Waals surface area contributed by atoms with E-state index in [1.165, 1.54) is 18.2 Å². The molecule has 0 saturated heterocycles. The lowest BCUT2D eigenvalue weighted by molar-refractivity contribution is -0.113. The van der Waals surface area contributed by atoms with Crippen molar-refractivity contribution in [2.45, 2.75) is 5.03 Å². The number of aromatic nitrogens is 1.